The fourth-order valence-electron chi connectivity index (χ4n) is 2.15. The van der Waals surface area contributed by atoms with E-state index >= 15 is 0 Å². The van der Waals surface area contributed by atoms with Gasteiger partial charge in [0.2, 0.25) is 0 Å². The maximum atomic E-state index is 12.1. The number of benzene rings is 1. The van der Waals surface area contributed by atoms with Crippen molar-refractivity contribution in [2.45, 2.75) is 5.75 Å². The van der Waals surface area contributed by atoms with E-state index in [-0.39, 0.29) is 11.4 Å². The molecule has 1 aromatic carbocycles. The summed E-state index contributed by atoms with van der Waals surface area (Å²) in [5.74, 6) is 0.896. The van der Waals surface area contributed by atoms with Crippen molar-refractivity contribution in [1.29, 1.82) is 5.26 Å². The molecule has 23 heavy (non-hydrogen) atoms. The van der Waals surface area contributed by atoms with Crippen LogP contribution in [-0.4, -0.2) is 15.4 Å². The summed E-state index contributed by atoms with van der Waals surface area (Å²) >= 11 is 7.77. The number of hydrogen-bond acceptors (Lipinski definition) is 5. The maximum absolute atomic E-state index is 12.1. The van der Waals surface area contributed by atoms with Gasteiger partial charge in [-0.1, -0.05) is 11.6 Å². The lowest BCUT2D eigenvalue weighted by atomic mass is 10.2. The number of halogens is 1. The molecule has 1 aromatic heterocycles. The summed E-state index contributed by atoms with van der Waals surface area (Å²) in [5.41, 5.74) is 0.330. The van der Waals surface area contributed by atoms with E-state index < -0.39 is 11.2 Å². The Balaban J connectivity index is 2.58. The molecule has 0 radical (unpaired) electrons. The van der Waals surface area contributed by atoms with Crippen LogP contribution in [0.4, 0.5) is 11.5 Å². The third-order valence-corrected chi connectivity index (χ3v) is 4.35. The second-order valence-corrected chi connectivity index (χ2v) is 6.18. The molecule has 2 aromatic rings. The molecule has 0 atom stereocenters. The molecule has 8 heteroatoms. The van der Waals surface area contributed by atoms with E-state index in [0.29, 0.717) is 10.7 Å². The van der Waals surface area contributed by atoms with Gasteiger partial charge in [0.1, 0.15) is 11.9 Å². The Morgan fingerprint density at radius 2 is 2.00 bits per heavy atom. The normalized spacial score (nSPS) is 10.4. The first-order chi connectivity index (χ1) is 10.9. The van der Waals surface area contributed by atoms with Gasteiger partial charge in [-0.15, -0.1) is 0 Å². The van der Waals surface area contributed by atoms with Gasteiger partial charge in [0.15, 0.2) is 5.56 Å². The molecule has 0 aliphatic carbocycles. The quantitative estimate of drug-likeness (QED) is 0.914. The van der Waals surface area contributed by atoms with Crippen LogP contribution >= 0.6 is 23.4 Å². The van der Waals surface area contributed by atoms with Gasteiger partial charge >= 0.3 is 5.69 Å². The Hall–Kier alpha value is -2.17. The van der Waals surface area contributed by atoms with Gasteiger partial charge in [0.25, 0.3) is 5.56 Å². The van der Waals surface area contributed by atoms with Crippen molar-refractivity contribution in [1.82, 2.24) is 9.13 Å². The molecule has 0 spiro atoms. The van der Waals surface area contributed by atoms with Gasteiger partial charge < -0.3 is 5.32 Å². The van der Waals surface area contributed by atoms with Crippen molar-refractivity contribution >= 4 is 34.9 Å². The minimum atomic E-state index is -0.628. The Kier molecular flexibility index (Phi) is 5.19. The SMILES string of the molecule is CSCc1cc(Nc2c(C#N)c(=O)n(C)c(=O)n2C)ccc1Cl. The number of anilines is 2. The third-order valence-electron chi connectivity index (χ3n) is 3.38. The number of thioether (sulfide) groups is 1. The van der Waals surface area contributed by atoms with E-state index in [9.17, 15) is 14.9 Å². The standard InChI is InChI=1S/C15H15ClN4O2S/c1-19-13(11(7-17)14(21)20(2)15(19)22)18-10-4-5-12(16)9(6-10)8-23-3/h4-6,18H,8H2,1-3H3. The average molecular weight is 351 g/mol. The molecule has 0 bridgehead atoms. The fourth-order valence-corrected chi connectivity index (χ4v) is 2.96. The fraction of sp³-hybridized carbons (Fsp3) is 0.267. The van der Waals surface area contributed by atoms with E-state index in [1.807, 2.05) is 18.4 Å². The summed E-state index contributed by atoms with van der Waals surface area (Å²) in [6.45, 7) is 0. The van der Waals surface area contributed by atoms with Crippen molar-refractivity contribution in [2.75, 3.05) is 11.6 Å². The number of nitriles is 1. The highest BCUT2D eigenvalue weighted by Crippen LogP contribution is 2.26. The molecule has 1 heterocycles. The summed E-state index contributed by atoms with van der Waals surface area (Å²) in [6.07, 6.45) is 1.97. The van der Waals surface area contributed by atoms with Crippen LogP contribution in [0, 0.1) is 11.3 Å². The number of nitrogens with one attached hydrogen (secondary N) is 1. The van der Waals surface area contributed by atoms with Crippen molar-refractivity contribution in [2.24, 2.45) is 14.1 Å². The molecular weight excluding hydrogens is 336 g/mol. The molecule has 0 unspecified atom stereocenters. The highest BCUT2D eigenvalue weighted by molar-refractivity contribution is 7.97. The predicted octanol–water partition coefficient (Wildman–Crippen LogP) is 2.22. The highest BCUT2D eigenvalue weighted by atomic mass is 35.5. The first kappa shape index (κ1) is 17.2. The van der Waals surface area contributed by atoms with Crippen LogP contribution in [0.1, 0.15) is 11.1 Å². The molecular formula is C15H15ClN4O2S. The minimum absolute atomic E-state index is 0.115. The number of hydrogen-bond donors (Lipinski definition) is 1. The Morgan fingerprint density at radius 3 is 2.61 bits per heavy atom. The van der Waals surface area contributed by atoms with Crippen LogP contribution in [0.5, 0.6) is 0 Å². The van der Waals surface area contributed by atoms with E-state index in [0.717, 1.165) is 15.9 Å². The van der Waals surface area contributed by atoms with Crippen LogP contribution in [0.3, 0.4) is 0 Å². The molecule has 6 nitrogen and oxygen atoms in total. The predicted molar refractivity (Wildman–Crippen MR) is 93.6 cm³/mol. The largest absolute Gasteiger partial charge is 0.340 e. The number of nitrogens with zero attached hydrogens (tertiary/aromatic N) is 3. The van der Waals surface area contributed by atoms with E-state index in [1.165, 1.54) is 18.7 Å². The molecule has 0 saturated heterocycles. The summed E-state index contributed by atoms with van der Waals surface area (Å²) < 4.78 is 2.15. The summed E-state index contributed by atoms with van der Waals surface area (Å²) in [6, 6.07) is 7.16. The molecule has 2 rings (SSSR count). The van der Waals surface area contributed by atoms with Crippen molar-refractivity contribution in [3.63, 3.8) is 0 Å². The molecule has 0 amide bonds. The van der Waals surface area contributed by atoms with Gasteiger partial charge in [-0.25, -0.2) is 4.79 Å². The molecule has 1 N–H and O–H groups in total. The van der Waals surface area contributed by atoms with E-state index in [1.54, 1.807) is 23.9 Å². The lowest BCUT2D eigenvalue weighted by Gasteiger charge is -2.14. The van der Waals surface area contributed by atoms with E-state index in [2.05, 4.69) is 5.32 Å². The number of aromatic nitrogens is 2. The van der Waals surface area contributed by atoms with Gasteiger partial charge in [0.05, 0.1) is 0 Å². The Labute approximate surface area is 142 Å². The van der Waals surface area contributed by atoms with Gasteiger partial charge in [0, 0.05) is 30.6 Å². The first-order valence-electron chi connectivity index (χ1n) is 6.65. The van der Waals surface area contributed by atoms with Gasteiger partial charge in [-0.3, -0.25) is 13.9 Å². The molecule has 120 valence electrons. The summed E-state index contributed by atoms with van der Waals surface area (Å²) in [7, 11) is 2.85. The van der Waals surface area contributed by atoms with E-state index in [4.69, 9.17) is 11.6 Å². The van der Waals surface area contributed by atoms with Crippen molar-refractivity contribution in [3.05, 3.63) is 55.2 Å². The maximum Gasteiger partial charge on any atom is 0.332 e. The lowest BCUT2D eigenvalue weighted by Crippen LogP contribution is -2.39. The minimum Gasteiger partial charge on any atom is -0.340 e. The topological polar surface area (TPSA) is 79.8 Å². The van der Waals surface area contributed by atoms with Crippen molar-refractivity contribution < 1.29 is 0 Å². The molecule has 0 fully saturated rings. The van der Waals surface area contributed by atoms with Crippen LogP contribution in [0.2, 0.25) is 5.02 Å². The van der Waals surface area contributed by atoms with Crippen LogP contribution in [0.25, 0.3) is 0 Å². The van der Waals surface area contributed by atoms with Crippen LogP contribution in [-0.2, 0) is 19.8 Å². The monoisotopic (exact) mass is 350 g/mol. The van der Waals surface area contributed by atoms with Gasteiger partial charge in [-0.05, 0) is 30.0 Å². The highest BCUT2D eigenvalue weighted by Gasteiger charge is 2.15. The summed E-state index contributed by atoms with van der Waals surface area (Å²) in [4.78, 5) is 24.1. The average Bonchev–Trinajstić information content (AvgIpc) is 2.54. The zero-order valence-electron chi connectivity index (χ0n) is 12.9. The summed E-state index contributed by atoms with van der Waals surface area (Å²) in [5, 5.41) is 12.9. The van der Waals surface area contributed by atoms with Crippen molar-refractivity contribution in [3.8, 4) is 6.07 Å². The Morgan fingerprint density at radius 1 is 1.30 bits per heavy atom. The lowest BCUT2D eigenvalue weighted by molar-refractivity contribution is 0.689. The van der Waals surface area contributed by atoms with Crippen LogP contribution in [0.15, 0.2) is 27.8 Å². The zero-order valence-corrected chi connectivity index (χ0v) is 14.5. The Bertz CT molecular complexity index is 911. The molecule has 0 aliphatic rings. The smallest absolute Gasteiger partial charge is 0.332 e. The molecule has 0 aliphatic heterocycles. The van der Waals surface area contributed by atoms with Crippen LogP contribution < -0.4 is 16.6 Å². The third kappa shape index (κ3) is 3.28. The van der Waals surface area contributed by atoms with Gasteiger partial charge in [-0.2, -0.15) is 17.0 Å². The number of rotatable bonds is 4. The molecule has 0 saturated carbocycles. The zero-order chi connectivity index (χ0) is 17.1. The second kappa shape index (κ2) is 6.94. The second-order valence-electron chi connectivity index (χ2n) is 4.91. The first-order valence-corrected chi connectivity index (χ1v) is 8.42.